The molecule has 0 saturated carbocycles. The molecular weight excluding hydrogens is 689 g/mol. The van der Waals surface area contributed by atoms with Gasteiger partial charge in [0.15, 0.2) is 0 Å². The van der Waals surface area contributed by atoms with Crippen molar-refractivity contribution in [2.45, 2.75) is 0 Å². The van der Waals surface area contributed by atoms with Crippen LogP contribution < -0.4 is 0 Å². The lowest BCUT2D eigenvalue weighted by atomic mass is 9.89. The minimum absolute atomic E-state index is 0.962. The third kappa shape index (κ3) is 5.61. The quantitative estimate of drug-likeness (QED) is 0.167. The number of benzene rings is 9. The predicted molar refractivity (Wildman–Crippen MR) is 241 cm³/mol. The van der Waals surface area contributed by atoms with Crippen LogP contribution in [0.15, 0.2) is 218 Å². The van der Waals surface area contributed by atoms with Gasteiger partial charge in [-0.1, -0.05) is 182 Å². The van der Waals surface area contributed by atoms with E-state index in [1.807, 2.05) is 0 Å². The number of pyridine rings is 1. The normalized spacial score (nSPS) is 11.5. The van der Waals surface area contributed by atoms with Gasteiger partial charge in [0.2, 0.25) is 0 Å². The molecular formula is C55H36N2. The summed E-state index contributed by atoms with van der Waals surface area (Å²) in [5.41, 5.74) is 14.9. The number of hydrogen-bond acceptors (Lipinski definition) is 1. The average Bonchev–Trinajstić information content (AvgIpc) is 3.63. The van der Waals surface area contributed by atoms with Crippen LogP contribution in [0.3, 0.4) is 0 Å². The Labute approximate surface area is 331 Å². The maximum atomic E-state index is 5.15. The molecule has 0 aliphatic carbocycles. The first kappa shape index (κ1) is 32.8. The van der Waals surface area contributed by atoms with Crippen LogP contribution in [0.1, 0.15) is 0 Å². The zero-order chi connectivity index (χ0) is 37.7. The number of rotatable bonds is 6. The van der Waals surface area contributed by atoms with E-state index in [2.05, 4.69) is 223 Å². The van der Waals surface area contributed by atoms with Crippen LogP contribution in [-0.2, 0) is 0 Å². The Morgan fingerprint density at radius 3 is 1.18 bits per heavy atom. The monoisotopic (exact) mass is 724 g/mol. The average molecular weight is 725 g/mol. The zero-order valence-corrected chi connectivity index (χ0v) is 31.2. The molecule has 0 radical (unpaired) electrons. The Hall–Kier alpha value is -7.55. The van der Waals surface area contributed by atoms with E-state index < -0.39 is 0 Å². The molecule has 11 rings (SSSR count). The van der Waals surface area contributed by atoms with Crippen LogP contribution in [0.2, 0.25) is 0 Å². The molecule has 11 aromatic rings. The molecule has 2 heterocycles. The molecule has 0 aliphatic heterocycles. The fraction of sp³-hybridized carbons (Fsp3) is 0. The van der Waals surface area contributed by atoms with Crippen LogP contribution in [0.25, 0.3) is 105 Å². The summed E-state index contributed by atoms with van der Waals surface area (Å²) in [5.74, 6) is 0. The Bertz CT molecular complexity index is 3170. The first-order valence-corrected chi connectivity index (χ1v) is 19.5. The number of aromatic nitrogens is 2. The second-order valence-electron chi connectivity index (χ2n) is 14.7. The minimum Gasteiger partial charge on any atom is -0.309 e. The lowest BCUT2D eigenvalue weighted by Gasteiger charge is -2.16. The summed E-state index contributed by atoms with van der Waals surface area (Å²) in [6.45, 7) is 0. The van der Waals surface area contributed by atoms with Crippen molar-refractivity contribution in [3.8, 4) is 61.6 Å². The van der Waals surface area contributed by atoms with Crippen LogP contribution >= 0.6 is 0 Å². The van der Waals surface area contributed by atoms with Crippen molar-refractivity contribution in [3.63, 3.8) is 0 Å². The SMILES string of the molecule is c1ccc(-c2cc(-c3ccc(-c4cccc(-c5ccc(-n6c7ccccc7c7ccccc76)c6ccccc56)c4)c4ccccc34)cc(-c3ccccc3)n2)cc1. The van der Waals surface area contributed by atoms with E-state index in [0.717, 1.165) is 28.1 Å². The molecule has 2 aromatic heterocycles. The summed E-state index contributed by atoms with van der Waals surface area (Å²) in [6, 6.07) is 78.8. The van der Waals surface area contributed by atoms with Gasteiger partial charge in [-0.3, -0.25) is 0 Å². The maximum Gasteiger partial charge on any atom is 0.0715 e. The molecule has 0 amide bonds. The fourth-order valence-corrected chi connectivity index (χ4v) is 8.77. The van der Waals surface area contributed by atoms with Crippen LogP contribution in [-0.4, -0.2) is 9.55 Å². The largest absolute Gasteiger partial charge is 0.309 e. The van der Waals surface area contributed by atoms with Gasteiger partial charge in [-0.2, -0.15) is 0 Å². The third-order valence-electron chi connectivity index (χ3n) is 11.4. The van der Waals surface area contributed by atoms with Gasteiger partial charge in [0.1, 0.15) is 0 Å². The predicted octanol–water partition coefficient (Wildman–Crippen LogP) is 14.8. The van der Waals surface area contributed by atoms with Crippen molar-refractivity contribution in [2.24, 2.45) is 0 Å². The number of hydrogen-bond donors (Lipinski definition) is 0. The van der Waals surface area contributed by atoms with Crippen LogP contribution in [0.5, 0.6) is 0 Å². The van der Waals surface area contributed by atoms with E-state index in [4.69, 9.17) is 4.98 Å². The summed E-state index contributed by atoms with van der Waals surface area (Å²) in [4.78, 5) is 5.15. The van der Waals surface area contributed by atoms with Gasteiger partial charge in [-0.25, -0.2) is 4.98 Å². The standard InChI is InChI=1S/C55H36N2/c1-3-16-37(17-4-1)51-35-41(36-52(56-51)38-18-5-2-6-19-38)44-31-30-42(45-22-7-8-23-46(44)45)39-20-15-21-40(34-39)43-32-33-55(48-25-10-9-24-47(43)48)57-53-28-13-11-26-49(53)50-27-12-14-29-54(50)57/h1-36H. The van der Waals surface area contributed by atoms with E-state index in [-0.39, 0.29) is 0 Å². The van der Waals surface area contributed by atoms with Crippen molar-refractivity contribution in [3.05, 3.63) is 218 Å². The van der Waals surface area contributed by atoms with Gasteiger partial charge in [-0.15, -0.1) is 0 Å². The van der Waals surface area contributed by atoms with Gasteiger partial charge in [0.05, 0.1) is 28.1 Å². The van der Waals surface area contributed by atoms with Gasteiger partial charge < -0.3 is 4.57 Å². The first-order valence-electron chi connectivity index (χ1n) is 19.5. The molecule has 0 bridgehead atoms. The van der Waals surface area contributed by atoms with Crippen molar-refractivity contribution in [2.75, 3.05) is 0 Å². The molecule has 57 heavy (non-hydrogen) atoms. The second kappa shape index (κ2) is 13.6. The highest BCUT2D eigenvalue weighted by atomic mass is 15.0. The Morgan fingerprint density at radius 1 is 0.263 bits per heavy atom. The number of para-hydroxylation sites is 2. The molecule has 0 unspecified atom stereocenters. The summed E-state index contributed by atoms with van der Waals surface area (Å²) < 4.78 is 2.43. The third-order valence-corrected chi connectivity index (χ3v) is 11.4. The molecule has 266 valence electrons. The second-order valence-corrected chi connectivity index (χ2v) is 14.7. The molecule has 0 spiro atoms. The van der Waals surface area contributed by atoms with Crippen molar-refractivity contribution >= 4 is 43.4 Å². The molecule has 9 aromatic carbocycles. The summed E-state index contributed by atoms with van der Waals surface area (Å²) in [5, 5.41) is 7.43. The van der Waals surface area contributed by atoms with E-state index in [9.17, 15) is 0 Å². The minimum atomic E-state index is 0.962. The molecule has 0 atom stereocenters. The Kier molecular flexibility index (Phi) is 7.86. The smallest absolute Gasteiger partial charge is 0.0715 e. The maximum absolute atomic E-state index is 5.15. The molecule has 0 fully saturated rings. The first-order chi connectivity index (χ1) is 28.3. The van der Waals surface area contributed by atoms with Gasteiger partial charge in [0, 0.05) is 27.3 Å². The lowest BCUT2D eigenvalue weighted by molar-refractivity contribution is 1.20. The molecule has 2 heteroatoms. The highest BCUT2D eigenvalue weighted by Crippen LogP contribution is 2.41. The molecule has 2 nitrogen and oxygen atoms in total. The topological polar surface area (TPSA) is 17.8 Å². The highest BCUT2D eigenvalue weighted by Gasteiger charge is 2.17. The van der Waals surface area contributed by atoms with E-state index in [1.54, 1.807) is 0 Å². The van der Waals surface area contributed by atoms with Crippen LogP contribution in [0.4, 0.5) is 0 Å². The Morgan fingerprint density at radius 2 is 0.649 bits per heavy atom. The van der Waals surface area contributed by atoms with Gasteiger partial charge in [0.25, 0.3) is 0 Å². The highest BCUT2D eigenvalue weighted by molar-refractivity contribution is 6.12. The van der Waals surface area contributed by atoms with Gasteiger partial charge in [-0.05, 0) is 85.9 Å². The van der Waals surface area contributed by atoms with E-state index >= 15 is 0 Å². The molecule has 0 N–H and O–H groups in total. The van der Waals surface area contributed by atoms with Crippen molar-refractivity contribution in [1.82, 2.24) is 9.55 Å². The summed E-state index contributed by atoms with van der Waals surface area (Å²) >= 11 is 0. The summed E-state index contributed by atoms with van der Waals surface area (Å²) in [7, 11) is 0. The summed E-state index contributed by atoms with van der Waals surface area (Å²) in [6.07, 6.45) is 0. The van der Waals surface area contributed by atoms with Crippen molar-refractivity contribution < 1.29 is 0 Å². The van der Waals surface area contributed by atoms with E-state index in [1.165, 1.54) is 76.9 Å². The lowest BCUT2D eigenvalue weighted by Crippen LogP contribution is -1.96. The Balaban J connectivity index is 1.04. The van der Waals surface area contributed by atoms with Crippen LogP contribution in [0, 0.1) is 0 Å². The number of nitrogens with zero attached hydrogens (tertiary/aromatic N) is 2. The van der Waals surface area contributed by atoms with E-state index in [0.29, 0.717) is 0 Å². The molecule has 0 aliphatic rings. The van der Waals surface area contributed by atoms with Gasteiger partial charge >= 0.3 is 0 Å². The number of fused-ring (bicyclic) bond motifs is 5. The fourth-order valence-electron chi connectivity index (χ4n) is 8.77. The zero-order valence-electron chi connectivity index (χ0n) is 31.2. The van der Waals surface area contributed by atoms with Crippen molar-refractivity contribution in [1.29, 1.82) is 0 Å². The molecule has 0 saturated heterocycles.